The Kier molecular flexibility index (Phi) is 5.11. The molecule has 0 fully saturated rings. The fourth-order valence-electron chi connectivity index (χ4n) is 0.597. The zero-order valence-corrected chi connectivity index (χ0v) is 9.48. The maximum atomic E-state index is 11.3. The van der Waals surface area contributed by atoms with Gasteiger partial charge in [0, 0.05) is 11.6 Å². The van der Waals surface area contributed by atoms with Crippen LogP contribution in [0.1, 0.15) is 6.92 Å². The number of rotatable bonds is 5. The number of hydrogen-bond donors (Lipinski definition) is 1. The number of carbonyl (C=O) groups excluding carboxylic acids is 1. The SMILES string of the molecule is C=C(Cl)CNS(=O)(=O)C(C)C(=O)OC. The van der Waals surface area contributed by atoms with Gasteiger partial charge in [0.05, 0.1) is 7.11 Å². The number of carbonyl (C=O) groups is 1. The Balaban J connectivity index is 4.47. The van der Waals surface area contributed by atoms with Crippen LogP contribution >= 0.6 is 11.6 Å². The first-order chi connectivity index (χ1) is 6.31. The van der Waals surface area contributed by atoms with Crippen molar-refractivity contribution in [1.82, 2.24) is 4.72 Å². The van der Waals surface area contributed by atoms with Crippen molar-refractivity contribution in [3.8, 4) is 0 Å². The lowest BCUT2D eigenvalue weighted by atomic mass is 10.5. The zero-order valence-electron chi connectivity index (χ0n) is 7.91. The molecule has 0 aliphatic carbocycles. The first kappa shape index (κ1) is 13.4. The Hall–Kier alpha value is -0.590. The Labute approximate surface area is 88.1 Å². The lowest BCUT2D eigenvalue weighted by Gasteiger charge is -2.10. The zero-order chi connectivity index (χ0) is 11.4. The Bertz CT molecular complexity index is 325. The first-order valence-electron chi connectivity index (χ1n) is 3.71. The molecule has 1 atom stereocenters. The predicted octanol–water partition coefficient (Wildman–Crippen LogP) is 0.220. The summed E-state index contributed by atoms with van der Waals surface area (Å²) in [6, 6.07) is 0. The third-order valence-corrected chi connectivity index (χ3v) is 3.27. The van der Waals surface area contributed by atoms with Crippen LogP contribution in [0.5, 0.6) is 0 Å². The number of methoxy groups -OCH3 is 1. The summed E-state index contributed by atoms with van der Waals surface area (Å²) in [6.45, 7) is 4.43. The van der Waals surface area contributed by atoms with Crippen molar-refractivity contribution in [2.45, 2.75) is 12.2 Å². The predicted molar refractivity (Wildman–Crippen MR) is 53.4 cm³/mol. The number of ether oxygens (including phenoxy) is 1. The molecule has 0 aliphatic heterocycles. The van der Waals surface area contributed by atoms with E-state index in [2.05, 4.69) is 16.0 Å². The molecule has 0 bridgehead atoms. The van der Waals surface area contributed by atoms with Crippen LogP contribution in [0, 0.1) is 0 Å². The van der Waals surface area contributed by atoms with E-state index in [-0.39, 0.29) is 11.6 Å². The van der Waals surface area contributed by atoms with Gasteiger partial charge in [-0.25, -0.2) is 13.1 Å². The van der Waals surface area contributed by atoms with Crippen molar-refractivity contribution in [2.24, 2.45) is 0 Å². The second kappa shape index (κ2) is 5.33. The highest BCUT2D eigenvalue weighted by Gasteiger charge is 2.28. The normalized spacial score (nSPS) is 13.4. The largest absolute Gasteiger partial charge is 0.468 e. The van der Waals surface area contributed by atoms with Gasteiger partial charge in [0.25, 0.3) is 0 Å². The summed E-state index contributed by atoms with van der Waals surface area (Å²) in [5, 5.41) is -1.12. The molecule has 0 saturated heterocycles. The molecule has 0 heterocycles. The molecule has 0 spiro atoms. The van der Waals surface area contributed by atoms with Gasteiger partial charge in [0.15, 0.2) is 5.25 Å². The number of nitrogens with one attached hydrogen (secondary N) is 1. The van der Waals surface area contributed by atoms with E-state index in [9.17, 15) is 13.2 Å². The molecule has 5 nitrogen and oxygen atoms in total. The topological polar surface area (TPSA) is 72.5 Å². The second-order valence-corrected chi connectivity index (χ2v) is 5.17. The van der Waals surface area contributed by atoms with E-state index in [0.29, 0.717) is 0 Å². The Morgan fingerprint density at radius 2 is 2.14 bits per heavy atom. The summed E-state index contributed by atoms with van der Waals surface area (Å²) < 4.78 is 29.1. The van der Waals surface area contributed by atoms with Crippen LogP contribution in [0.2, 0.25) is 0 Å². The molecular weight excluding hydrogens is 230 g/mol. The fraction of sp³-hybridized carbons (Fsp3) is 0.571. The first-order valence-corrected chi connectivity index (χ1v) is 5.63. The highest BCUT2D eigenvalue weighted by molar-refractivity contribution is 7.90. The number of hydrogen-bond acceptors (Lipinski definition) is 4. The molecular formula is C7H12ClNO4S. The third kappa shape index (κ3) is 4.08. The average Bonchev–Trinajstić information content (AvgIpc) is 2.12. The molecule has 1 N–H and O–H groups in total. The summed E-state index contributed by atoms with van der Waals surface area (Å²) in [7, 11) is -2.62. The van der Waals surface area contributed by atoms with Gasteiger partial charge in [-0.15, -0.1) is 0 Å². The molecule has 14 heavy (non-hydrogen) atoms. The second-order valence-electron chi connectivity index (χ2n) is 2.55. The summed E-state index contributed by atoms with van der Waals surface area (Å²) in [5.74, 6) is -0.822. The van der Waals surface area contributed by atoms with E-state index in [0.717, 1.165) is 7.11 Å². The van der Waals surface area contributed by atoms with E-state index >= 15 is 0 Å². The van der Waals surface area contributed by atoms with Crippen LogP contribution in [0.15, 0.2) is 11.6 Å². The van der Waals surface area contributed by atoms with E-state index in [1.165, 1.54) is 6.92 Å². The van der Waals surface area contributed by atoms with E-state index in [4.69, 9.17) is 11.6 Å². The van der Waals surface area contributed by atoms with Crippen molar-refractivity contribution in [1.29, 1.82) is 0 Å². The van der Waals surface area contributed by atoms with E-state index < -0.39 is 21.2 Å². The molecule has 1 unspecified atom stereocenters. The average molecular weight is 242 g/mol. The third-order valence-electron chi connectivity index (χ3n) is 1.46. The van der Waals surface area contributed by atoms with Crippen LogP contribution in [0.25, 0.3) is 0 Å². The summed E-state index contributed by atoms with van der Waals surface area (Å²) in [4.78, 5) is 10.9. The number of esters is 1. The quantitative estimate of drug-likeness (QED) is 0.699. The standard InChI is InChI=1S/C7H12ClNO4S/c1-5(8)4-9-14(11,12)6(2)7(10)13-3/h6,9H,1,4H2,2-3H3. The molecule has 0 aromatic carbocycles. The van der Waals surface area contributed by atoms with E-state index in [1.54, 1.807) is 0 Å². The van der Waals surface area contributed by atoms with Gasteiger partial charge in [0.1, 0.15) is 0 Å². The highest BCUT2D eigenvalue weighted by atomic mass is 35.5. The highest BCUT2D eigenvalue weighted by Crippen LogP contribution is 2.02. The van der Waals surface area contributed by atoms with E-state index in [1.807, 2.05) is 0 Å². The molecule has 7 heteroatoms. The smallest absolute Gasteiger partial charge is 0.325 e. The van der Waals surface area contributed by atoms with Crippen LogP contribution in [-0.2, 0) is 19.6 Å². The van der Waals surface area contributed by atoms with Crippen LogP contribution in [-0.4, -0.2) is 33.3 Å². The van der Waals surface area contributed by atoms with Crippen LogP contribution < -0.4 is 4.72 Å². The van der Waals surface area contributed by atoms with Gasteiger partial charge in [0.2, 0.25) is 10.0 Å². The minimum atomic E-state index is -3.74. The minimum Gasteiger partial charge on any atom is -0.468 e. The lowest BCUT2D eigenvalue weighted by molar-refractivity contribution is -0.139. The Morgan fingerprint density at radius 3 is 2.50 bits per heavy atom. The van der Waals surface area contributed by atoms with Gasteiger partial charge in [-0.05, 0) is 6.92 Å². The minimum absolute atomic E-state index is 0.106. The van der Waals surface area contributed by atoms with Crippen LogP contribution in [0.4, 0.5) is 0 Å². The molecule has 0 radical (unpaired) electrons. The molecule has 0 saturated carbocycles. The van der Waals surface area contributed by atoms with Gasteiger partial charge >= 0.3 is 5.97 Å². The lowest BCUT2D eigenvalue weighted by Crippen LogP contribution is -2.38. The maximum absolute atomic E-state index is 11.3. The molecule has 0 aromatic heterocycles. The van der Waals surface area contributed by atoms with Crippen molar-refractivity contribution < 1.29 is 17.9 Å². The summed E-state index contributed by atoms with van der Waals surface area (Å²) in [6.07, 6.45) is 0. The molecule has 0 rings (SSSR count). The number of sulfonamides is 1. The van der Waals surface area contributed by atoms with Gasteiger partial charge in [-0.3, -0.25) is 4.79 Å². The molecule has 0 aliphatic rings. The van der Waals surface area contributed by atoms with Crippen molar-refractivity contribution in [3.63, 3.8) is 0 Å². The Morgan fingerprint density at radius 1 is 1.64 bits per heavy atom. The summed E-state index contributed by atoms with van der Waals surface area (Å²) >= 11 is 5.36. The van der Waals surface area contributed by atoms with Crippen molar-refractivity contribution in [3.05, 3.63) is 11.6 Å². The maximum Gasteiger partial charge on any atom is 0.325 e. The molecule has 0 amide bonds. The fourth-order valence-corrected chi connectivity index (χ4v) is 1.72. The van der Waals surface area contributed by atoms with Crippen molar-refractivity contribution >= 4 is 27.6 Å². The molecule has 82 valence electrons. The van der Waals surface area contributed by atoms with Crippen LogP contribution in [0.3, 0.4) is 0 Å². The number of halogens is 1. The summed E-state index contributed by atoms with van der Waals surface area (Å²) in [5.41, 5.74) is 0. The van der Waals surface area contributed by atoms with Gasteiger partial charge < -0.3 is 4.74 Å². The monoisotopic (exact) mass is 241 g/mol. The molecule has 0 aromatic rings. The van der Waals surface area contributed by atoms with Gasteiger partial charge in [-0.1, -0.05) is 18.2 Å². The van der Waals surface area contributed by atoms with Gasteiger partial charge in [-0.2, -0.15) is 0 Å². The van der Waals surface area contributed by atoms with Crippen molar-refractivity contribution in [2.75, 3.05) is 13.7 Å².